The molecular formula is C19H31N5O4. The molecule has 3 aliphatic rings. The van der Waals surface area contributed by atoms with Crippen LogP contribution in [0, 0.1) is 5.92 Å². The molecule has 0 aromatic carbocycles. The van der Waals surface area contributed by atoms with Crippen LogP contribution in [0.5, 0.6) is 0 Å². The molecule has 2 atom stereocenters. The SMILES string of the molecule is NCC(=O)N1CCN(C(=O)C2CCCCC2)C(C(=O)NC2CCCNC2=O)C1. The predicted molar refractivity (Wildman–Crippen MR) is 102 cm³/mol. The number of hydrogen-bond donors (Lipinski definition) is 3. The van der Waals surface area contributed by atoms with Gasteiger partial charge in [-0.15, -0.1) is 0 Å². The van der Waals surface area contributed by atoms with Gasteiger partial charge in [-0.05, 0) is 25.7 Å². The first kappa shape index (κ1) is 20.6. The van der Waals surface area contributed by atoms with Crippen LogP contribution in [0.4, 0.5) is 0 Å². The van der Waals surface area contributed by atoms with Crippen molar-refractivity contribution >= 4 is 23.6 Å². The molecule has 2 unspecified atom stereocenters. The maximum absolute atomic E-state index is 13.1. The van der Waals surface area contributed by atoms with Crippen molar-refractivity contribution in [3.63, 3.8) is 0 Å². The van der Waals surface area contributed by atoms with Gasteiger partial charge in [0.1, 0.15) is 12.1 Å². The predicted octanol–water partition coefficient (Wildman–Crippen LogP) is -1.04. The van der Waals surface area contributed by atoms with Crippen LogP contribution in [0.15, 0.2) is 0 Å². The van der Waals surface area contributed by atoms with Crippen molar-refractivity contribution in [2.45, 2.75) is 57.0 Å². The molecular weight excluding hydrogens is 362 g/mol. The number of carbonyl (C=O) groups is 4. The van der Waals surface area contributed by atoms with Crippen molar-refractivity contribution < 1.29 is 19.2 Å². The topological polar surface area (TPSA) is 125 Å². The molecule has 28 heavy (non-hydrogen) atoms. The third kappa shape index (κ3) is 4.63. The van der Waals surface area contributed by atoms with E-state index < -0.39 is 12.1 Å². The highest BCUT2D eigenvalue weighted by Gasteiger charge is 2.40. The Bertz CT molecular complexity index is 619. The lowest BCUT2D eigenvalue weighted by atomic mass is 9.87. The third-order valence-corrected chi connectivity index (χ3v) is 6.05. The molecule has 2 heterocycles. The Labute approximate surface area is 165 Å². The van der Waals surface area contributed by atoms with E-state index >= 15 is 0 Å². The van der Waals surface area contributed by atoms with Gasteiger partial charge in [-0.1, -0.05) is 19.3 Å². The lowest BCUT2D eigenvalue weighted by Gasteiger charge is -2.42. The summed E-state index contributed by atoms with van der Waals surface area (Å²) in [5.74, 6) is -0.874. The second-order valence-corrected chi connectivity index (χ2v) is 7.92. The van der Waals surface area contributed by atoms with Gasteiger partial charge >= 0.3 is 0 Å². The Hall–Kier alpha value is -2.16. The molecule has 3 fully saturated rings. The van der Waals surface area contributed by atoms with Gasteiger partial charge in [-0.3, -0.25) is 19.2 Å². The van der Waals surface area contributed by atoms with Crippen LogP contribution in [-0.2, 0) is 19.2 Å². The van der Waals surface area contributed by atoms with Crippen LogP contribution < -0.4 is 16.4 Å². The van der Waals surface area contributed by atoms with Crippen LogP contribution >= 0.6 is 0 Å². The molecule has 0 bridgehead atoms. The zero-order valence-corrected chi connectivity index (χ0v) is 16.3. The zero-order chi connectivity index (χ0) is 20.1. The number of rotatable bonds is 4. The molecule has 9 nitrogen and oxygen atoms in total. The lowest BCUT2D eigenvalue weighted by molar-refractivity contribution is -0.151. The van der Waals surface area contributed by atoms with Gasteiger partial charge < -0.3 is 26.2 Å². The number of nitrogens with two attached hydrogens (primary N) is 1. The van der Waals surface area contributed by atoms with Crippen LogP contribution in [0.2, 0.25) is 0 Å². The van der Waals surface area contributed by atoms with Crippen molar-refractivity contribution in [3.05, 3.63) is 0 Å². The molecule has 0 spiro atoms. The summed E-state index contributed by atoms with van der Waals surface area (Å²) in [6.45, 7) is 1.29. The van der Waals surface area contributed by atoms with Gasteiger partial charge in [0.25, 0.3) is 0 Å². The number of amides is 4. The average Bonchev–Trinajstić information content (AvgIpc) is 2.74. The highest BCUT2D eigenvalue weighted by molar-refractivity contribution is 5.93. The van der Waals surface area contributed by atoms with Gasteiger partial charge in [0.2, 0.25) is 23.6 Å². The van der Waals surface area contributed by atoms with Crippen molar-refractivity contribution in [1.82, 2.24) is 20.4 Å². The highest BCUT2D eigenvalue weighted by Crippen LogP contribution is 2.27. The standard InChI is InChI=1S/C19H31N5O4/c20-11-16(25)23-9-10-24(19(28)13-5-2-1-3-6-13)15(12-23)18(27)22-14-7-4-8-21-17(14)26/h13-15H,1-12,20H2,(H,21,26)(H,22,27). The van der Waals surface area contributed by atoms with E-state index in [9.17, 15) is 19.2 Å². The fourth-order valence-electron chi connectivity index (χ4n) is 4.39. The number of hydrogen-bond acceptors (Lipinski definition) is 5. The zero-order valence-electron chi connectivity index (χ0n) is 16.3. The molecule has 4 N–H and O–H groups in total. The van der Waals surface area contributed by atoms with E-state index in [4.69, 9.17) is 5.73 Å². The Morgan fingerprint density at radius 2 is 1.82 bits per heavy atom. The first-order valence-corrected chi connectivity index (χ1v) is 10.4. The molecule has 3 rings (SSSR count). The molecule has 9 heteroatoms. The van der Waals surface area contributed by atoms with Crippen molar-refractivity contribution in [2.24, 2.45) is 11.7 Å². The van der Waals surface area contributed by atoms with Crippen molar-refractivity contribution in [3.8, 4) is 0 Å². The second kappa shape index (κ2) is 9.36. The number of carbonyl (C=O) groups excluding carboxylic acids is 4. The summed E-state index contributed by atoms with van der Waals surface area (Å²) >= 11 is 0. The van der Waals surface area contributed by atoms with Gasteiger partial charge in [0, 0.05) is 25.6 Å². The fourth-order valence-corrected chi connectivity index (χ4v) is 4.39. The highest BCUT2D eigenvalue weighted by atomic mass is 16.2. The monoisotopic (exact) mass is 393 g/mol. The average molecular weight is 393 g/mol. The number of piperazine rings is 1. The number of piperidine rings is 1. The maximum Gasteiger partial charge on any atom is 0.245 e. The van der Waals surface area contributed by atoms with Crippen LogP contribution in [0.25, 0.3) is 0 Å². The largest absolute Gasteiger partial charge is 0.354 e. The summed E-state index contributed by atoms with van der Waals surface area (Å²) in [7, 11) is 0. The van der Waals surface area contributed by atoms with E-state index in [1.807, 2.05) is 0 Å². The van der Waals surface area contributed by atoms with E-state index in [-0.39, 0.29) is 42.6 Å². The Morgan fingerprint density at radius 1 is 1.07 bits per heavy atom. The summed E-state index contributed by atoms with van der Waals surface area (Å²) in [4.78, 5) is 53.3. The molecule has 1 saturated carbocycles. The summed E-state index contributed by atoms with van der Waals surface area (Å²) in [5.41, 5.74) is 5.48. The van der Waals surface area contributed by atoms with Crippen LogP contribution in [0.1, 0.15) is 44.9 Å². The van der Waals surface area contributed by atoms with Crippen LogP contribution in [-0.4, -0.2) is 78.2 Å². The second-order valence-electron chi connectivity index (χ2n) is 7.92. The number of nitrogens with zero attached hydrogens (tertiary/aromatic N) is 2. The van der Waals surface area contributed by atoms with E-state index in [0.29, 0.717) is 26.1 Å². The molecule has 2 aliphatic heterocycles. The van der Waals surface area contributed by atoms with E-state index in [2.05, 4.69) is 10.6 Å². The van der Waals surface area contributed by atoms with Crippen molar-refractivity contribution in [1.29, 1.82) is 0 Å². The number of nitrogens with one attached hydrogen (secondary N) is 2. The minimum atomic E-state index is -0.784. The Morgan fingerprint density at radius 3 is 2.50 bits per heavy atom. The Kier molecular flexibility index (Phi) is 6.88. The van der Waals surface area contributed by atoms with Gasteiger partial charge in [0.15, 0.2) is 0 Å². The van der Waals surface area contributed by atoms with Gasteiger partial charge in [0.05, 0.1) is 13.1 Å². The first-order chi connectivity index (χ1) is 13.5. The molecule has 0 aromatic rings. The van der Waals surface area contributed by atoms with Crippen molar-refractivity contribution in [2.75, 3.05) is 32.7 Å². The smallest absolute Gasteiger partial charge is 0.245 e. The lowest BCUT2D eigenvalue weighted by Crippen LogP contribution is -2.64. The maximum atomic E-state index is 13.1. The quantitative estimate of drug-likeness (QED) is 0.563. The molecule has 4 amide bonds. The Balaban J connectivity index is 1.73. The van der Waals surface area contributed by atoms with Gasteiger partial charge in [-0.2, -0.15) is 0 Å². The molecule has 1 aliphatic carbocycles. The molecule has 0 radical (unpaired) electrons. The fraction of sp³-hybridized carbons (Fsp3) is 0.789. The van der Waals surface area contributed by atoms with E-state index in [0.717, 1.165) is 38.5 Å². The van der Waals surface area contributed by atoms with Gasteiger partial charge in [-0.25, -0.2) is 0 Å². The summed E-state index contributed by atoms with van der Waals surface area (Å²) in [6, 6.07) is -1.37. The van der Waals surface area contributed by atoms with Crippen LogP contribution in [0.3, 0.4) is 0 Å². The molecule has 156 valence electrons. The minimum absolute atomic E-state index is 0.00667. The summed E-state index contributed by atoms with van der Waals surface area (Å²) < 4.78 is 0. The van der Waals surface area contributed by atoms with E-state index in [1.165, 1.54) is 4.90 Å². The third-order valence-electron chi connectivity index (χ3n) is 6.05. The summed E-state index contributed by atoms with van der Waals surface area (Å²) in [5, 5.41) is 5.54. The molecule has 2 saturated heterocycles. The van der Waals surface area contributed by atoms with E-state index in [1.54, 1.807) is 4.90 Å². The normalized spacial score (nSPS) is 26.5. The molecule has 0 aromatic heterocycles. The summed E-state index contributed by atoms with van der Waals surface area (Å²) in [6.07, 6.45) is 6.27. The minimum Gasteiger partial charge on any atom is -0.354 e. The first-order valence-electron chi connectivity index (χ1n) is 10.4.